The van der Waals surface area contributed by atoms with Crippen molar-refractivity contribution in [2.75, 3.05) is 37.8 Å². The first-order chi connectivity index (χ1) is 21.5. The van der Waals surface area contributed by atoms with Gasteiger partial charge in [0.05, 0.1) is 11.7 Å². The van der Waals surface area contributed by atoms with Crippen molar-refractivity contribution in [3.8, 4) is 5.75 Å². The maximum absolute atomic E-state index is 13.3. The van der Waals surface area contributed by atoms with E-state index in [-0.39, 0.29) is 28.2 Å². The highest BCUT2D eigenvalue weighted by Gasteiger charge is 2.32. The third-order valence-corrected chi connectivity index (χ3v) is 9.41. The Hall–Kier alpha value is -4.35. The third kappa shape index (κ3) is 7.49. The van der Waals surface area contributed by atoms with Crippen LogP contribution in [-0.4, -0.2) is 78.5 Å². The molecule has 1 aromatic carbocycles. The van der Waals surface area contributed by atoms with Gasteiger partial charge in [-0.1, -0.05) is 24.8 Å². The minimum absolute atomic E-state index is 0.0963. The van der Waals surface area contributed by atoms with Crippen LogP contribution in [0.2, 0.25) is 0 Å². The minimum atomic E-state index is -3.81. The van der Waals surface area contributed by atoms with Crippen LogP contribution in [-0.2, 0) is 14.6 Å². The summed E-state index contributed by atoms with van der Waals surface area (Å²) >= 11 is 0. The Morgan fingerprint density at radius 3 is 2.51 bits per heavy atom. The average Bonchev–Trinajstić information content (AvgIpc) is 3.87. The quantitative estimate of drug-likeness (QED) is 0.241. The molecule has 2 aromatic heterocycles. The fourth-order valence-corrected chi connectivity index (χ4v) is 6.36. The van der Waals surface area contributed by atoms with Crippen molar-refractivity contribution in [2.24, 2.45) is 0 Å². The van der Waals surface area contributed by atoms with Gasteiger partial charge >= 0.3 is 0 Å². The molecule has 10 nitrogen and oxygen atoms in total. The van der Waals surface area contributed by atoms with E-state index in [0.29, 0.717) is 49.2 Å². The summed E-state index contributed by atoms with van der Waals surface area (Å²) in [4.78, 5) is 38.4. The van der Waals surface area contributed by atoms with Crippen LogP contribution in [0.5, 0.6) is 5.75 Å². The number of pyridine rings is 2. The molecule has 3 heterocycles. The lowest BCUT2D eigenvalue weighted by atomic mass is 10.1. The molecule has 1 unspecified atom stereocenters. The molecule has 2 amide bonds. The predicted molar refractivity (Wildman–Crippen MR) is 173 cm³/mol. The van der Waals surface area contributed by atoms with Gasteiger partial charge in [0.15, 0.2) is 15.9 Å². The summed E-state index contributed by atoms with van der Waals surface area (Å²) in [5, 5.41) is 2.79. The number of nitrogens with zero attached hydrogens (tertiary/aromatic N) is 4. The number of aryl methyl sites for hydroxylation is 2. The van der Waals surface area contributed by atoms with Crippen LogP contribution >= 0.6 is 0 Å². The lowest BCUT2D eigenvalue weighted by molar-refractivity contribution is -0.129. The lowest BCUT2D eigenvalue weighted by Crippen LogP contribution is -2.54. The maximum Gasteiger partial charge on any atom is 0.257 e. The molecule has 1 saturated carbocycles. The Kier molecular flexibility index (Phi) is 9.50. The van der Waals surface area contributed by atoms with Gasteiger partial charge < -0.3 is 15.0 Å². The fourth-order valence-electron chi connectivity index (χ4n) is 5.55. The van der Waals surface area contributed by atoms with Crippen LogP contribution in [0.25, 0.3) is 0 Å². The molecule has 11 heteroatoms. The van der Waals surface area contributed by atoms with E-state index in [2.05, 4.69) is 34.4 Å². The van der Waals surface area contributed by atoms with Gasteiger partial charge in [-0.25, -0.2) is 13.4 Å². The predicted octanol–water partition coefficient (Wildman–Crippen LogP) is 4.63. The molecule has 0 spiro atoms. The van der Waals surface area contributed by atoms with Crippen LogP contribution in [0.3, 0.4) is 0 Å². The highest BCUT2D eigenvalue weighted by Crippen LogP contribution is 2.40. The standard InChI is InChI=1S/C34H39N5O5S/c1-6-26-20-38(15-16-39(26)32(40)7-2)21-30(28-13-12-25(19-36-28)24-10-11-24)44-29-17-23(4)27(18-31(29)45(5,42)43)34(41)37-33-22(3)9-8-14-35-33/h6-9,12-14,17-19,24,26,30H,1-2,10-11,15-16,20-21H2,3-5H3,(H,35,37,41)/t26-,30?/m1/s1. The summed E-state index contributed by atoms with van der Waals surface area (Å²) in [6.07, 6.45) is 9.25. The Morgan fingerprint density at radius 1 is 1.11 bits per heavy atom. The molecule has 1 aliphatic heterocycles. The molecule has 236 valence electrons. The van der Waals surface area contributed by atoms with Crippen molar-refractivity contribution in [2.45, 2.75) is 49.6 Å². The first-order valence-corrected chi connectivity index (χ1v) is 16.9. The largest absolute Gasteiger partial charge is 0.481 e. The molecule has 0 radical (unpaired) electrons. The molecule has 5 rings (SSSR count). The molecule has 45 heavy (non-hydrogen) atoms. The van der Waals surface area contributed by atoms with Crippen molar-refractivity contribution >= 4 is 27.5 Å². The number of carbonyl (C=O) groups excluding carboxylic acids is 2. The monoisotopic (exact) mass is 629 g/mol. The summed E-state index contributed by atoms with van der Waals surface area (Å²) in [7, 11) is -3.81. The number of rotatable bonds is 11. The normalized spacial score (nSPS) is 17.8. The van der Waals surface area contributed by atoms with E-state index in [1.54, 1.807) is 36.2 Å². The molecule has 1 saturated heterocycles. The van der Waals surface area contributed by atoms with Gasteiger partial charge in [0.2, 0.25) is 5.91 Å². The summed E-state index contributed by atoms with van der Waals surface area (Å²) in [5.41, 5.74) is 3.36. The summed E-state index contributed by atoms with van der Waals surface area (Å²) in [5.74, 6) is 0.445. The number of nitrogens with one attached hydrogen (secondary N) is 1. The summed E-state index contributed by atoms with van der Waals surface area (Å²) in [6, 6.07) is 10.3. The zero-order valence-electron chi connectivity index (χ0n) is 25.9. The Morgan fingerprint density at radius 2 is 1.89 bits per heavy atom. The van der Waals surface area contributed by atoms with Gasteiger partial charge in [0.1, 0.15) is 16.5 Å². The van der Waals surface area contributed by atoms with Gasteiger partial charge in [-0.05, 0) is 79.6 Å². The van der Waals surface area contributed by atoms with Crippen molar-refractivity contribution in [3.63, 3.8) is 0 Å². The molecular weight excluding hydrogens is 590 g/mol. The smallest absolute Gasteiger partial charge is 0.257 e. The van der Waals surface area contributed by atoms with Crippen molar-refractivity contribution < 1.29 is 22.7 Å². The van der Waals surface area contributed by atoms with E-state index in [0.717, 1.165) is 24.7 Å². The maximum atomic E-state index is 13.3. The van der Waals surface area contributed by atoms with Gasteiger partial charge in [-0.2, -0.15) is 0 Å². The molecule has 3 aromatic rings. The number of ether oxygens (including phenoxy) is 1. The highest BCUT2D eigenvalue weighted by atomic mass is 32.2. The molecule has 1 aliphatic carbocycles. The number of benzene rings is 1. The minimum Gasteiger partial charge on any atom is -0.481 e. The first kappa shape index (κ1) is 32.1. The number of hydrogen-bond donors (Lipinski definition) is 1. The average molecular weight is 630 g/mol. The zero-order valence-corrected chi connectivity index (χ0v) is 26.7. The van der Waals surface area contributed by atoms with E-state index in [4.69, 9.17) is 9.72 Å². The number of amides is 2. The third-order valence-electron chi connectivity index (χ3n) is 8.29. The zero-order chi connectivity index (χ0) is 32.3. The van der Waals surface area contributed by atoms with Crippen molar-refractivity contribution in [1.29, 1.82) is 0 Å². The Balaban J connectivity index is 1.46. The van der Waals surface area contributed by atoms with Crippen LogP contribution < -0.4 is 10.1 Å². The van der Waals surface area contributed by atoms with Crippen molar-refractivity contribution in [3.05, 3.63) is 102 Å². The number of piperazine rings is 1. The highest BCUT2D eigenvalue weighted by molar-refractivity contribution is 7.90. The summed E-state index contributed by atoms with van der Waals surface area (Å²) in [6.45, 7) is 13.1. The van der Waals surface area contributed by atoms with Gasteiger partial charge in [0.25, 0.3) is 5.91 Å². The second-order valence-electron chi connectivity index (χ2n) is 11.7. The van der Waals surface area contributed by atoms with E-state index >= 15 is 0 Å². The van der Waals surface area contributed by atoms with E-state index in [1.807, 2.05) is 25.3 Å². The second-order valence-corrected chi connectivity index (χ2v) is 13.7. The Bertz CT molecular complexity index is 1720. The number of carbonyl (C=O) groups is 2. The van der Waals surface area contributed by atoms with Gasteiger partial charge in [-0.3, -0.25) is 19.5 Å². The molecule has 1 N–H and O–H groups in total. The van der Waals surface area contributed by atoms with Crippen LogP contribution in [0.1, 0.15) is 57.6 Å². The van der Waals surface area contributed by atoms with Crippen molar-refractivity contribution in [1.82, 2.24) is 19.8 Å². The molecular formula is C34H39N5O5S. The number of sulfone groups is 1. The number of anilines is 1. The fraction of sp³-hybridized carbons (Fsp3) is 0.353. The van der Waals surface area contributed by atoms with Crippen LogP contribution in [0, 0.1) is 13.8 Å². The van der Waals surface area contributed by atoms with Gasteiger partial charge in [0, 0.05) is 50.4 Å². The van der Waals surface area contributed by atoms with E-state index < -0.39 is 21.8 Å². The van der Waals surface area contributed by atoms with E-state index in [1.165, 1.54) is 17.7 Å². The Labute approximate surface area is 264 Å². The molecule has 2 fully saturated rings. The summed E-state index contributed by atoms with van der Waals surface area (Å²) < 4.78 is 32.7. The topological polar surface area (TPSA) is 122 Å². The lowest BCUT2D eigenvalue weighted by Gasteiger charge is -2.40. The molecule has 2 atom stereocenters. The second kappa shape index (κ2) is 13.3. The molecule has 0 bridgehead atoms. The molecule has 2 aliphatic rings. The SMILES string of the molecule is C=CC(=O)N1CCN(CC(Oc2cc(C)c(C(=O)Nc3ncccc3C)cc2S(C)(=O)=O)c2ccc(C3CC3)cn2)C[C@H]1C=C. The number of hydrogen-bond acceptors (Lipinski definition) is 8. The number of aromatic nitrogens is 2. The van der Waals surface area contributed by atoms with Crippen LogP contribution in [0.15, 0.2) is 79.0 Å². The first-order valence-electron chi connectivity index (χ1n) is 15.0. The van der Waals surface area contributed by atoms with Gasteiger partial charge in [-0.15, -0.1) is 6.58 Å². The van der Waals surface area contributed by atoms with E-state index in [9.17, 15) is 18.0 Å². The van der Waals surface area contributed by atoms with Crippen LogP contribution in [0.4, 0.5) is 5.82 Å².